The van der Waals surface area contributed by atoms with Crippen LogP contribution in [0.2, 0.25) is 0 Å². The summed E-state index contributed by atoms with van der Waals surface area (Å²) in [6, 6.07) is 4.35. The van der Waals surface area contributed by atoms with Crippen LogP contribution in [0.3, 0.4) is 0 Å². The molecule has 0 aromatic carbocycles. The van der Waals surface area contributed by atoms with E-state index < -0.39 is 0 Å². The van der Waals surface area contributed by atoms with Crippen molar-refractivity contribution in [3.05, 3.63) is 22.4 Å². The Labute approximate surface area is 95.7 Å². The molecule has 1 heterocycles. The van der Waals surface area contributed by atoms with Crippen LogP contribution in [0.25, 0.3) is 0 Å². The smallest absolute Gasteiger partial charge is 0.113 e. The van der Waals surface area contributed by atoms with Gasteiger partial charge in [0.05, 0.1) is 25.5 Å². The molecule has 0 aliphatic rings. The maximum absolute atomic E-state index is 2.29. The molecule has 0 fully saturated rings. The van der Waals surface area contributed by atoms with Crippen LogP contribution in [0.15, 0.2) is 17.5 Å². The molecule has 0 aliphatic heterocycles. The normalized spacial score (nSPS) is 11.0. The van der Waals surface area contributed by atoms with Gasteiger partial charge in [-0.25, -0.2) is 0 Å². The molecule has 13 heavy (non-hydrogen) atoms. The molecule has 76 valence electrons. The molecule has 0 spiro atoms. The van der Waals surface area contributed by atoms with Crippen molar-refractivity contribution in [1.29, 1.82) is 0 Å². The summed E-state index contributed by atoms with van der Waals surface area (Å²) in [4.78, 5) is 1.49. The van der Waals surface area contributed by atoms with Crippen molar-refractivity contribution in [3.8, 4) is 0 Å². The second-order valence-corrected chi connectivity index (χ2v) is 4.93. The van der Waals surface area contributed by atoms with Gasteiger partial charge in [0.1, 0.15) is 6.54 Å². The van der Waals surface area contributed by atoms with E-state index in [1.165, 1.54) is 24.4 Å². The van der Waals surface area contributed by atoms with E-state index in [0.717, 1.165) is 4.48 Å². The Hall–Kier alpha value is 0.140. The largest absolute Gasteiger partial charge is 1.00 e. The molecule has 0 saturated heterocycles. The van der Waals surface area contributed by atoms with E-state index in [4.69, 9.17) is 0 Å². The van der Waals surface area contributed by atoms with Gasteiger partial charge in [0.25, 0.3) is 0 Å². The van der Waals surface area contributed by atoms with Gasteiger partial charge in [-0.05, 0) is 17.9 Å². The molecule has 0 radical (unpaired) electrons. The van der Waals surface area contributed by atoms with Gasteiger partial charge in [-0.2, -0.15) is 0 Å². The Kier molecular flexibility index (Phi) is 5.85. The summed E-state index contributed by atoms with van der Waals surface area (Å²) in [5.41, 5.74) is 0. The van der Waals surface area contributed by atoms with Crippen molar-refractivity contribution < 1.29 is 21.5 Å². The van der Waals surface area contributed by atoms with E-state index in [0.29, 0.717) is 0 Å². The third-order valence-corrected chi connectivity index (χ3v) is 2.85. The van der Waals surface area contributed by atoms with E-state index >= 15 is 0 Å². The van der Waals surface area contributed by atoms with Crippen molar-refractivity contribution >= 4 is 11.3 Å². The highest BCUT2D eigenvalue weighted by Crippen LogP contribution is 2.14. The molecule has 0 amide bonds. The molecule has 1 aromatic rings. The summed E-state index contributed by atoms with van der Waals surface area (Å²) in [6.45, 7) is 4.68. The maximum Gasteiger partial charge on any atom is 0.113 e. The van der Waals surface area contributed by atoms with E-state index in [2.05, 4.69) is 38.5 Å². The van der Waals surface area contributed by atoms with Crippen molar-refractivity contribution in [3.63, 3.8) is 0 Å². The van der Waals surface area contributed by atoms with Crippen molar-refractivity contribution in [2.45, 2.75) is 19.9 Å². The second kappa shape index (κ2) is 5.78. The summed E-state index contributed by atoms with van der Waals surface area (Å²) in [5, 5.41) is 2.15. The van der Waals surface area contributed by atoms with Gasteiger partial charge in [-0.1, -0.05) is 13.0 Å². The molecular formula is C10H18BrNS. The molecule has 0 aliphatic carbocycles. The van der Waals surface area contributed by atoms with Crippen LogP contribution in [0.5, 0.6) is 0 Å². The van der Waals surface area contributed by atoms with Gasteiger partial charge in [-0.15, -0.1) is 11.3 Å². The van der Waals surface area contributed by atoms with Crippen LogP contribution in [-0.4, -0.2) is 25.1 Å². The summed E-state index contributed by atoms with van der Waals surface area (Å²) in [7, 11) is 4.59. The highest BCUT2D eigenvalue weighted by atomic mass is 79.9. The minimum absolute atomic E-state index is 0. The summed E-state index contributed by atoms with van der Waals surface area (Å²) >= 11 is 1.86. The zero-order valence-electron chi connectivity index (χ0n) is 8.59. The first-order chi connectivity index (χ1) is 5.64. The van der Waals surface area contributed by atoms with Crippen LogP contribution in [0.4, 0.5) is 0 Å². The molecule has 1 rings (SSSR count). The van der Waals surface area contributed by atoms with Crippen LogP contribution in [0, 0.1) is 0 Å². The van der Waals surface area contributed by atoms with Crippen LogP contribution >= 0.6 is 11.3 Å². The number of rotatable bonds is 4. The monoisotopic (exact) mass is 263 g/mol. The first-order valence-corrected chi connectivity index (χ1v) is 5.36. The molecule has 0 unspecified atom stereocenters. The predicted octanol–water partition coefficient (Wildman–Crippen LogP) is -0.261. The number of hydrogen-bond acceptors (Lipinski definition) is 1. The molecule has 0 atom stereocenters. The third-order valence-electron chi connectivity index (χ3n) is 1.99. The molecule has 0 bridgehead atoms. The zero-order chi connectivity index (χ0) is 9.03. The number of quaternary nitrogens is 1. The van der Waals surface area contributed by atoms with E-state index in [1.54, 1.807) is 0 Å². The molecule has 0 N–H and O–H groups in total. The fourth-order valence-corrected chi connectivity index (χ4v) is 2.42. The molecule has 3 heteroatoms. The van der Waals surface area contributed by atoms with Gasteiger partial charge in [-0.3, -0.25) is 0 Å². The quantitative estimate of drug-likeness (QED) is 0.657. The topological polar surface area (TPSA) is 0 Å². The van der Waals surface area contributed by atoms with Crippen molar-refractivity contribution in [2.75, 3.05) is 20.6 Å². The maximum atomic E-state index is 2.29. The Balaban J connectivity index is 0.00000144. The van der Waals surface area contributed by atoms with E-state index in [1.807, 2.05) is 11.3 Å². The minimum atomic E-state index is 0. The Morgan fingerprint density at radius 3 is 2.54 bits per heavy atom. The number of halogens is 1. The van der Waals surface area contributed by atoms with Crippen LogP contribution < -0.4 is 17.0 Å². The Morgan fingerprint density at radius 2 is 2.08 bits per heavy atom. The Morgan fingerprint density at radius 1 is 1.38 bits per heavy atom. The van der Waals surface area contributed by atoms with Crippen molar-refractivity contribution in [1.82, 2.24) is 0 Å². The number of nitrogens with zero attached hydrogens (tertiary/aromatic N) is 1. The van der Waals surface area contributed by atoms with E-state index in [-0.39, 0.29) is 17.0 Å². The summed E-state index contributed by atoms with van der Waals surface area (Å²) in [5.74, 6) is 0. The fourth-order valence-electron chi connectivity index (χ4n) is 1.51. The van der Waals surface area contributed by atoms with Gasteiger partial charge < -0.3 is 21.5 Å². The lowest BCUT2D eigenvalue weighted by atomic mass is 10.3. The first kappa shape index (κ1) is 13.1. The third kappa shape index (κ3) is 4.79. The predicted molar refractivity (Wildman–Crippen MR) is 55.3 cm³/mol. The average Bonchev–Trinajstić information content (AvgIpc) is 2.38. The minimum Gasteiger partial charge on any atom is -1.00 e. The second-order valence-electron chi connectivity index (χ2n) is 3.90. The van der Waals surface area contributed by atoms with Gasteiger partial charge >= 0.3 is 0 Å². The van der Waals surface area contributed by atoms with E-state index in [9.17, 15) is 0 Å². The zero-order valence-corrected chi connectivity index (χ0v) is 11.0. The van der Waals surface area contributed by atoms with Crippen molar-refractivity contribution in [2.24, 2.45) is 0 Å². The number of hydrogen-bond donors (Lipinski definition) is 0. The standard InChI is InChI=1S/C10H18NS.BrH/c1-4-7-11(2,3)9-10-6-5-8-12-10;/h5-6,8H,4,7,9H2,1-3H3;1H/q+1;/p-1. The first-order valence-electron chi connectivity index (χ1n) is 4.48. The highest BCUT2D eigenvalue weighted by molar-refractivity contribution is 7.09. The van der Waals surface area contributed by atoms with Crippen LogP contribution in [-0.2, 0) is 6.54 Å². The lowest BCUT2D eigenvalue weighted by molar-refractivity contribution is -0.903. The van der Waals surface area contributed by atoms with Gasteiger partial charge in [0.15, 0.2) is 0 Å². The average molecular weight is 264 g/mol. The lowest BCUT2D eigenvalue weighted by Gasteiger charge is -2.28. The van der Waals surface area contributed by atoms with Gasteiger partial charge in [0.2, 0.25) is 0 Å². The lowest BCUT2D eigenvalue weighted by Crippen LogP contribution is -3.00. The summed E-state index contributed by atoms with van der Waals surface area (Å²) in [6.07, 6.45) is 1.26. The fraction of sp³-hybridized carbons (Fsp3) is 0.600. The number of thiophene rings is 1. The molecular weight excluding hydrogens is 246 g/mol. The van der Waals surface area contributed by atoms with Crippen LogP contribution in [0.1, 0.15) is 18.2 Å². The Bertz CT molecular complexity index is 219. The molecule has 1 nitrogen and oxygen atoms in total. The molecule has 1 aromatic heterocycles. The highest BCUT2D eigenvalue weighted by Gasteiger charge is 2.14. The molecule has 0 saturated carbocycles. The van der Waals surface area contributed by atoms with Gasteiger partial charge in [0, 0.05) is 0 Å². The SMILES string of the molecule is CCC[N+](C)(C)Cc1cccs1.[Br-]. The summed E-state index contributed by atoms with van der Waals surface area (Å²) < 4.78 is 1.11.